The highest BCUT2D eigenvalue weighted by molar-refractivity contribution is 5.85. The van der Waals surface area contributed by atoms with Gasteiger partial charge in [-0.15, -0.1) is 12.4 Å². The second kappa shape index (κ2) is 6.38. The van der Waals surface area contributed by atoms with E-state index in [1.807, 2.05) is 31.3 Å². The fourth-order valence-electron chi connectivity index (χ4n) is 0.873. The molecule has 0 heterocycles. The summed E-state index contributed by atoms with van der Waals surface area (Å²) in [4.78, 5) is 0. The molecule has 1 N–H and O–H groups in total. The summed E-state index contributed by atoms with van der Waals surface area (Å²) < 4.78 is 5.31. The molecule has 3 heteroatoms. The molecule has 1 aromatic rings. The highest BCUT2D eigenvalue weighted by atomic mass is 35.5. The lowest BCUT2D eigenvalue weighted by atomic mass is 10.3. The van der Waals surface area contributed by atoms with E-state index >= 15 is 0 Å². The van der Waals surface area contributed by atoms with Gasteiger partial charge in [0.2, 0.25) is 0 Å². The molecule has 1 rings (SSSR count). The minimum absolute atomic E-state index is 0. The van der Waals surface area contributed by atoms with Crippen LogP contribution in [0.5, 0.6) is 5.75 Å². The van der Waals surface area contributed by atoms with Crippen LogP contribution >= 0.6 is 12.4 Å². The lowest BCUT2D eigenvalue weighted by Gasteiger charge is -2.03. The molecule has 0 amide bonds. The van der Waals surface area contributed by atoms with E-state index in [1.54, 1.807) is 6.08 Å². The predicted molar refractivity (Wildman–Crippen MR) is 58.9 cm³/mol. The number of hydrogen-bond donors (Lipinski definition) is 1. The van der Waals surface area contributed by atoms with Crippen LogP contribution in [0.15, 0.2) is 36.9 Å². The first kappa shape index (κ1) is 11.8. The average molecular weight is 200 g/mol. The van der Waals surface area contributed by atoms with E-state index in [4.69, 9.17) is 4.74 Å². The van der Waals surface area contributed by atoms with Crippen molar-refractivity contribution in [3.63, 3.8) is 0 Å². The number of rotatable bonds is 4. The van der Waals surface area contributed by atoms with E-state index in [1.165, 1.54) is 0 Å². The third-order valence-electron chi connectivity index (χ3n) is 1.51. The van der Waals surface area contributed by atoms with Gasteiger partial charge in [0.05, 0.1) is 0 Å². The Morgan fingerprint density at radius 1 is 1.38 bits per heavy atom. The molecule has 1 aromatic carbocycles. The predicted octanol–water partition coefficient (Wildman–Crippen LogP) is 2.71. The highest BCUT2D eigenvalue weighted by Crippen LogP contribution is 2.14. The van der Waals surface area contributed by atoms with E-state index < -0.39 is 0 Å². The van der Waals surface area contributed by atoms with Crippen molar-refractivity contribution >= 4 is 18.1 Å². The number of benzene rings is 1. The second-order valence-corrected chi connectivity index (χ2v) is 2.37. The van der Waals surface area contributed by atoms with Gasteiger partial charge in [0.25, 0.3) is 0 Å². The van der Waals surface area contributed by atoms with Gasteiger partial charge >= 0.3 is 0 Å². The SMILES string of the molecule is C=CCOc1ccc(NC)cc1.Cl. The molecular weight excluding hydrogens is 186 g/mol. The van der Waals surface area contributed by atoms with Crippen LogP contribution in [0.1, 0.15) is 0 Å². The maximum absolute atomic E-state index is 5.31. The van der Waals surface area contributed by atoms with Crippen LogP contribution in [0.4, 0.5) is 5.69 Å². The van der Waals surface area contributed by atoms with Gasteiger partial charge in [-0.3, -0.25) is 0 Å². The van der Waals surface area contributed by atoms with Crippen LogP contribution < -0.4 is 10.1 Å². The van der Waals surface area contributed by atoms with Crippen molar-refractivity contribution in [3.05, 3.63) is 36.9 Å². The largest absolute Gasteiger partial charge is 0.490 e. The van der Waals surface area contributed by atoms with E-state index in [2.05, 4.69) is 11.9 Å². The van der Waals surface area contributed by atoms with Gasteiger partial charge in [-0.1, -0.05) is 12.7 Å². The van der Waals surface area contributed by atoms with Gasteiger partial charge in [-0.25, -0.2) is 0 Å². The molecule has 0 bridgehead atoms. The fraction of sp³-hybridized carbons (Fsp3) is 0.200. The van der Waals surface area contributed by atoms with Crippen molar-refractivity contribution in [2.75, 3.05) is 19.0 Å². The Bertz CT molecular complexity index is 246. The summed E-state index contributed by atoms with van der Waals surface area (Å²) in [5, 5.41) is 3.03. The number of nitrogens with one attached hydrogen (secondary N) is 1. The zero-order valence-electron chi connectivity index (χ0n) is 7.62. The Kier molecular flexibility index (Phi) is 5.81. The Morgan fingerprint density at radius 3 is 2.46 bits per heavy atom. The Labute approximate surface area is 85.0 Å². The normalized spacial score (nSPS) is 8.38. The molecular formula is C10H14ClNO. The average Bonchev–Trinajstić information content (AvgIpc) is 2.15. The molecule has 0 aromatic heterocycles. The van der Waals surface area contributed by atoms with Crippen LogP contribution in [-0.2, 0) is 0 Å². The van der Waals surface area contributed by atoms with E-state index in [9.17, 15) is 0 Å². The quantitative estimate of drug-likeness (QED) is 0.753. The Hall–Kier alpha value is -1.15. The van der Waals surface area contributed by atoms with Gasteiger partial charge in [0.1, 0.15) is 12.4 Å². The highest BCUT2D eigenvalue weighted by Gasteiger charge is 1.90. The van der Waals surface area contributed by atoms with Crippen LogP contribution in [0.2, 0.25) is 0 Å². The third kappa shape index (κ3) is 3.85. The monoisotopic (exact) mass is 199 g/mol. The van der Waals surface area contributed by atoms with Gasteiger partial charge in [-0.2, -0.15) is 0 Å². The number of anilines is 1. The summed E-state index contributed by atoms with van der Waals surface area (Å²) in [5.74, 6) is 0.869. The zero-order chi connectivity index (χ0) is 8.81. The van der Waals surface area contributed by atoms with E-state index in [0.29, 0.717) is 6.61 Å². The maximum Gasteiger partial charge on any atom is 0.119 e. The summed E-state index contributed by atoms with van der Waals surface area (Å²) >= 11 is 0. The standard InChI is InChI=1S/C10H13NO.ClH/c1-3-8-12-10-6-4-9(11-2)5-7-10;/h3-7,11H,1,8H2,2H3;1H. The minimum atomic E-state index is 0. The Balaban J connectivity index is 0.00000144. The lowest BCUT2D eigenvalue weighted by molar-refractivity contribution is 0.363. The molecule has 0 spiro atoms. The van der Waals surface area contributed by atoms with Gasteiger partial charge in [-0.05, 0) is 24.3 Å². The van der Waals surface area contributed by atoms with Gasteiger partial charge < -0.3 is 10.1 Å². The number of hydrogen-bond acceptors (Lipinski definition) is 2. The van der Waals surface area contributed by atoms with E-state index in [-0.39, 0.29) is 12.4 Å². The molecule has 72 valence electrons. The molecule has 0 aliphatic carbocycles. The molecule has 13 heavy (non-hydrogen) atoms. The maximum atomic E-state index is 5.31. The van der Waals surface area contributed by atoms with Crippen molar-refractivity contribution in [1.29, 1.82) is 0 Å². The van der Waals surface area contributed by atoms with Crippen LogP contribution in [-0.4, -0.2) is 13.7 Å². The molecule has 0 atom stereocenters. The fourth-order valence-corrected chi connectivity index (χ4v) is 0.873. The Morgan fingerprint density at radius 2 is 2.00 bits per heavy atom. The molecule has 0 fully saturated rings. The van der Waals surface area contributed by atoms with Crippen molar-refractivity contribution in [2.45, 2.75) is 0 Å². The van der Waals surface area contributed by atoms with Gasteiger partial charge in [0.15, 0.2) is 0 Å². The summed E-state index contributed by atoms with van der Waals surface area (Å²) in [6.45, 7) is 4.13. The first-order valence-corrected chi connectivity index (χ1v) is 3.88. The molecule has 0 saturated carbocycles. The molecule has 0 aliphatic heterocycles. The minimum Gasteiger partial charge on any atom is -0.490 e. The molecule has 0 unspecified atom stereocenters. The third-order valence-corrected chi connectivity index (χ3v) is 1.51. The summed E-state index contributed by atoms with van der Waals surface area (Å²) in [7, 11) is 1.89. The molecule has 0 radical (unpaired) electrons. The van der Waals surface area contributed by atoms with Crippen molar-refractivity contribution < 1.29 is 4.74 Å². The molecule has 0 aliphatic rings. The zero-order valence-corrected chi connectivity index (χ0v) is 8.43. The van der Waals surface area contributed by atoms with Crippen LogP contribution in [0, 0.1) is 0 Å². The number of halogens is 1. The van der Waals surface area contributed by atoms with Crippen molar-refractivity contribution in [1.82, 2.24) is 0 Å². The van der Waals surface area contributed by atoms with E-state index in [0.717, 1.165) is 11.4 Å². The van der Waals surface area contributed by atoms with Crippen molar-refractivity contribution in [3.8, 4) is 5.75 Å². The topological polar surface area (TPSA) is 21.3 Å². The lowest BCUT2D eigenvalue weighted by Crippen LogP contribution is -1.93. The smallest absolute Gasteiger partial charge is 0.119 e. The summed E-state index contributed by atoms with van der Waals surface area (Å²) in [6.07, 6.45) is 1.73. The van der Waals surface area contributed by atoms with Gasteiger partial charge in [0, 0.05) is 12.7 Å². The first-order valence-electron chi connectivity index (χ1n) is 3.88. The van der Waals surface area contributed by atoms with Crippen LogP contribution in [0.25, 0.3) is 0 Å². The number of ether oxygens (including phenoxy) is 1. The second-order valence-electron chi connectivity index (χ2n) is 2.37. The molecule has 2 nitrogen and oxygen atoms in total. The summed E-state index contributed by atoms with van der Waals surface area (Å²) in [5.41, 5.74) is 1.08. The van der Waals surface area contributed by atoms with Crippen molar-refractivity contribution in [2.24, 2.45) is 0 Å². The summed E-state index contributed by atoms with van der Waals surface area (Å²) in [6, 6.07) is 7.79. The molecule has 0 saturated heterocycles. The van der Waals surface area contributed by atoms with Crippen LogP contribution in [0.3, 0.4) is 0 Å². The first-order chi connectivity index (χ1) is 5.86.